The van der Waals surface area contributed by atoms with E-state index in [2.05, 4.69) is 13.8 Å². The van der Waals surface area contributed by atoms with Crippen LogP contribution in [0.2, 0.25) is 0 Å². The summed E-state index contributed by atoms with van der Waals surface area (Å²) in [6.45, 7) is 7.41. The van der Waals surface area contributed by atoms with Crippen molar-refractivity contribution >= 4 is 17.9 Å². The van der Waals surface area contributed by atoms with E-state index in [1.54, 1.807) is 0 Å². The van der Waals surface area contributed by atoms with Crippen LogP contribution < -0.4 is 0 Å². The molecule has 7 heteroatoms. The van der Waals surface area contributed by atoms with Crippen LogP contribution in [0.15, 0.2) is 0 Å². The number of esters is 3. The van der Waals surface area contributed by atoms with E-state index in [0.29, 0.717) is 24.2 Å². The van der Waals surface area contributed by atoms with Gasteiger partial charge in [0.1, 0.15) is 17.8 Å². The third-order valence-electron chi connectivity index (χ3n) is 10.2. The summed E-state index contributed by atoms with van der Waals surface area (Å²) >= 11 is 0. The predicted molar refractivity (Wildman–Crippen MR) is 113 cm³/mol. The molecular formula is C25H36O7. The van der Waals surface area contributed by atoms with Crippen molar-refractivity contribution in [2.24, 2.45) is 34.5 Å². The number of methoxy groups -OCH3 is 1. The van der Waals surface area contributed by atoms with Crippen LogP contribution >= 0.6 is 0 Å². The molecule has 32 heavy (non-hydrogen) atoms. The average Bonchev–Trinajstić information content (AvgIpc) is 3.38. The lowest BCUT2D eigenvalue weighted by atomic mass is 9.43. The highest BCUT2D eigenvalue weighted by Crippen LogP contribution is 2.76. The number of hydrogen-bond donors (Lipinski definition) is 0. The first-order chi connectivity index (χ1) is 15.1. The summed E-state index contributed by atoms with van der Waals surface area (Å²) in [5.41, 5.74) is -0.917. The van der Waals surface area contributed by atoms with E-state index in [-0.39, 0.29) is 47.6 Å². The van der Waals surface area contributed by atoms with Crippen molar-refractivity contribution in [3.05, 3.63) is 0 Å². The second kappa shape index (κ2) is 7.18. The smallest absolute Gasteiger partial charge is 0.309 e. The van der Waals surface area contributed by atoms with Crippen LogP contribution in [-0.2, 0) is 33.3 Å². The lowest BCUT2D eigenvalue weighted by molar-refractivity contribution is -0.212. The van der Waals surface area contributed by atoms with Gasteiger partial charge in [0, 0.05) is 19.3 Å². The van der Waals surface area contributed by atoms with E-state index in [4.69, 9.17) is 18.9 Å². The van der Waals surface area contributed by atoms with Crippen molar-refractivity contribution in [2.45, 2.75) is 96.6 Å². The molecule has 0 aromatic heterocycles. The zero-order valence-electron chi connectivity index (χ0n) is 19.8. The molecule has 0 radical (unpaired) electrons. The van der Waals surface area contributed by atoms with E-state index in [9.17, 15) is 14.4 Å². The van der Waals surface area contributed by atoms with Gasteiger partial charge in [-0.05, 0) is 68.1 Å². The second-order valence-corrected chi connectivity index (χ2v) is 11.3. The van der Waals surface area contributed by atoms with Crippen LogP contribution in [0.1, 0.15) is 72.6 Å². The first kappa shape index (κ1) is 22.2. The fourth-order valence-corrected chi connectivity index (χ4v) is 8.81. The molecule has 1 saturated heterocycles. The molecule has 0 aromatic rings. The van der Waals surface area contributed by atoms with Crippen molar-refractivity contribution in [3.8, 4) is 0 Å². The molecular weight excluding hydrogens is 412 g/mol. The Morgan fingerprint density at radius 1 is 0.906 bits per heavy atom. The van der Waals surface area contributed by atoms with E-state index in [0.717, 1.165) is 38.5 Å². The Balaban J connectivity index is 1.49. The third-order valence-corrected chi connectivity index (χ3v) is 10.2. The SMILES string of the molecule is COC(=O)[C@@H]1C[C@H]2O[C@]23[C@H]2CC[C@H]4C[C@@H](OC(C)=O)CC[C@]4(C)[C@@H]2C[C@@H](OC(C)=O)[C@@]13C. The fourth-order valence-electron chi connectivity index (χ4n) is 8.81. The predicted octanol–water partition coefficient (Wildman–Crippen LogP) is 3.42. The average molecular weight is 449 g/mol. The van der Waals surface area contributed by atoms with Crippen LogP contribution in [0, 0.1) is 34.5 Å². The van der Waals surface area contributed by atoms with Gasteiger partial charge in [0.25, 0.3) is 0 Å². The number of epoxide rings is 1. The zero-order chi connectivity index (χ0) is 23.1. The summed E-state index contributed by atoms with van der Waals surface area (Å²) in [6.07, 6.45) is 5.90. The molecule has 10 atom stereocenters. The fraction of sp³-hybridized carbons (Fsp3) is 0.880. The molecule has 1 spiro atoms. The molecule has 5 fully saturated rings. The van der Waals surface area contributed by atoms with Gasteiger partial charge in [-0.15, -0.1) is 0 Å². The first-order valence-electron chi connectivity index (χ1n) is 12.2. The summed E-state index contributed by atoms with van der Waals surface area (Å²) < 4.78 is 23.2. The van der Waals surface area contributed by atoms with Crippen molar-refractivity contribution in [1.29, 1.82) is 0 Å². The van der Waals surface area contributed by atoms with Gasteiger partial charge in [-0.25, -0.2) is 0 Å². The normalized spacial score (nSPS) is 50.7. The first-order valence-corrected chi connectivity index (χ1v) is 12.2. The number of fused-ring (bicyclic) bond motifs is 3. The van der Waals surface area contributed by atoms with Crippen LogP contribution in [0.3, 0.4) is 0 Å². The van der Waals surface area contributed by atoms with E-state index in [1.165, 1.54) is 21.0 Å². The van der Waals surface area contributed by atoms with Gasteiger partial charge in [0.15, 0.2) is 0 Å². The van der Waals surface area contributed by atoms with Gasteiger partial charge in [-0.3, -0.25) is 14.4 Å². The molecule has 5 rings (SSSR count). The van der Waals surface area contributed by atoms with Crippen LogP contribution in [0.5, 0.6) is 0 Å². The molecule has 0 amide bonds. The quantitative estimate of drug-likeness (QED) is 0.371. The molecule has 4 aliphatic carbocycles. The lowest BCUT2D eigenvalue weighted by Crippen LogP contribution is -2.64. The minimum Gasteiger partial charge on any atom is -0.469 e. The highest BCUT2D eigenvalue weighted by molar-refractivity contribution is 5.75. The Hall–Kier alpha value is -1.63. The molecule has 1 aliphatic heterocycles. The molecule has 1 heterocycles. The van der Waals surface area contributed by atoms with Gasteiger partial charge in [-0.2, -0.15) is 0 Å². The Morgan fingerprint density at radius 2 is 1.62 bits per heavy atom. The summed E-state index contributed by atoms with van der Waals surface area (Å²) in [5, 5.41) is 0. The van der Waals surface area contributed by atoms with Crippen LogP contribution in [0.25, 0.3) is 0 Å². The van der Waals surface area contributed by atoms with Gasteiger partial charge < -0.3 is 18.9 Å². The monoisotopic (exact) mass is 448 g/mol. The molecule has 7 nitrogen and oxygen atoms in total. The zero-order valence-corrected chi connectivity index (χ0v) is 19.8. The summed E-state index contributed by atoms with van der Waals surface area (Å²) in [6, 6.07) is 0. The standard InChI is InChI=1S/C25H36O7/c1-13(26)30-16-8-9-23(3)15(10-16)6-7-17-18(23)11-20(31-14(2)27)24(4)19(22(28)29-5)12-21-25(17,24)32-21/h15-21H,6-12H2,1-5H3/t15-,16-,17-,18+,19-,20+,21+,23-,24+,25+/m0/s1. The second-order valence-electron chi connectivity index (χ2n) is 11.3. The maximum atomic E-state index is 12.8. The molecule has 4 saturated carbocycles. The lowest BCUT2D eigenvalue weighted by Gasteiger charge is -2.62. The topological polar surface area (TPSA) is 91.4 Å². The van der Waals surface area contributed by atoms with E-state index in [1.807, 2.05) is 0 Å². The van der Waals surface area contributed by atoms with E-state index < -0.39 is 11.0 Å². The number of rotatable bonds is 3. The molecule has 0 aromatic carbocycles. The maximum Gasteiger partial charge on any atom is 0.309 e. The Labute approximate surface area is 189 Å². The van der Waals surface area contributed by atoms with Crippen molar-refractivity contribution in [3.63, 3.8) is 0 Å². The largest absolute Gasteiger partial charge is 0.469 e. The Bertz CT molecular complexity index is 840. The maximum absolute atomic E-state index is 12.8. The Morgan fingerprint density at radius 3 is 2.28 bits per heavy atom. The Kier molecular flexibility index (Phi) is 4.98. The van der Waals surface area contributed by atoms with Gasteiger partial charge in [0.2, 0.25) is 0 Å². The van der Waals surface area contributed by atoms with Crippen molar-refractivity contribution in [2.75, 3.05) is 7.11 Å². The molecule has 0 unspecified atom stereocenters. The van der Waals surface area contributed by atoms with Gasteiger partial charge in [0.05, 0.1) is 19.1 Å². The van der Waals surface area contributed by atoms with Crippen molar-refractivity contribution in [1.82, 2.24) is 0 Å². The highest BCUT2D eigenvalue weighted by Gasteiger charge is 2.84. The van der Waals surface area contributed by atoms with Crippen LogP contribution in [0.4, 0.5) is 0 Å². The third kappa shape index (κ3) is 2.78. The highest BCUT2D eigenvalue weighted by atomic mass is 16.6. The summed E-state index contributed by atoms with van der Waals surface area (Å²) in [5.74, 6) is 0.0958. The minimum atomic E-state index is -0.574. The van der Waals surface area contributed by atoms with Crippen LogP contribution in [-0.4, -0.2) is 48.9 Å². The molecule has 178 valence electrons. The number of ether oxygens (including phenoxy) is 4. The molecule has 0 N–H and O–H groups in total. The summed E-state index contributed by atoms with van der Waals surface area (Å²) in [4.78, 5) is 36.5. The number of hydrogen-bond acceptors (Lipinski definition) is 7. The number of carbonyl (C=O) groups is 3. The van der Waals surface area contributed by atoms with Crippen molar-refractivity contribution < 1.29 is 33.3 Å². The van der Waals surface area contributed by atoms with Gasteiger partial charge >= 0.3 is 17.9 Å². The molecule has 5 aliphatic rings. The van der Waals surface area contributed by atoms with Gasteiger partial charge in [-0.1, -0.05) is 13.8 Å². The number of carbonyl (C=O) groups excluding carboxylic acids is 3. The minimum absolute atomic E-state index is 0.00137. The molecule has 0 bridgehead atoms. The summed E-state index contributed by atoms with van der Waals surface area (Å²) in [7, 11) is 1.43. The van der Waals surface area contributed by atoms with E-state index >= 15 is 0 Å².